The fourth-order valence-corrected chi connectivity index (χ4v) is 1.42. The summed E-state index contributed by atoms with van der Waals surface area (Å²) in [5.74, 6) is -0.863. The molecule has 0 radical (unpaired) electrons. The zero-order chi connectivity index (χ0) is 13.9. The summed E-state index contributed by atoms with van der Waals surface area (Å²) >= 11 is 0. The van der Waals surface area contributed by atoms with Gasteiger partial charge in [-0.15, -0.1) is 0 Å². The number of aromatic nitrogens is 1. The van der Waals surface area contributed by atoms with Crippen molar-refractivity contribution in [1.82, 2.24) is 10.5 Å². The summed E-state index contributed by atoms with van der Waals surface area (Å²) < 4.78 is 4.96. The van der Waals surface area contributed by atoms with Gasteiger partial charge in [-0.05, 0) is 27.2 Å². The summed E-state index contributed by atoms with van der Waals surface area (Å²) in [5, 5.41) is 15.3. The third-order valence-corrected chi connectivity index (χ3v) is 2.77. The molecule has 0 saturated carbocycles. The Morgan fingerprint density at radius 2 is 2.06 bits per heavy atom. The van der Waals surface area contributed by atoms with E-state index in [1.807, 2.05) is 6.92 Å². The molecule has 1 heterocycles. The molecule has 0 aliphatic rings. The third-order valence-electron chi connectivity index (χ3n) is 2.77. The molecule has 6 nitrogen and oxygen atoms in total. The van der Waals surface area contributed by atoms with Gasteiger partial charge in [0.15, 0.2) is 0 Å². The second-order valence-electron chi connectivity index (χ2n) is 4.79. The maximum Gasteiger partial charge on any atom is 0.310 e. The van der Waals surface area contributed by atoms with Crippen molar-refractivity contribution in [3.63, 3.8) is 0 Å². The van der Waals surface area contributed by atoms with E-state index >= 15 is 0 Å². The predicted octanol–water partition coefficient (Wildman–Crippen LogP) is 1.39. The molecule has 1 rings (SSSR count). The second-order valence-corrected chi connectivity index (χ2v) is 4.79. The zero-order valence-corrected chi connectivity index (χ0v) is 11.0. The van der Waals surface area contributed by atoms with Crippen LogP contribution in [0.5, 0.6) is 0 Å². The molecule has 0 fully saturated rings. The lowest BCUT2D eigenvalue weighted by atomic mass is 9.94. The van der Waals surface area contributed by atoms with Crippen LogP contribution in [0, 0.1) is 12.3 Å². The number of carbonyl (C=O) groups excluding carboxylic acids is 1. The molecule has 1 aromatic heterocycles. The van der Waals surface area contributed by atoms with Crippen molar-refractivity contribution in [2.24, 2.45) is 5.41 Å². The van der Waals surface area contributed by atoms with Crippen molar-refractivity contribution < 1.29 is 19.2 Å². The van der Waals surface area contributed by atoms with Crippen LogP contribution < -0.4 is 5.32 Å². The van der Waals surface area contributed by atoms with Gasteiger partial charge in [0.2, 0.25) is 0 Å². The van der Waals surface area contributed by atoms with Crippen LogP contribution in [0.1, 0.15) is 42.6 Å². The molecule has 0 saturated heterocycles. The Balaban J connectivity index is 2.78. The summed E-state index contributed by atoms with van der Waals surface area (Å²) in [4.78, 5) is 22.9. The van der Waals surface area contributed by atoms with Crippen molar-refractivity contribution in [2.45, 2.75) is 34.1 Å². The van der Waals surface area contributed by atoms with E-state index < -0.39 is 11.4 Å². The molecule has 1 aromatic rings. The summed E-state index contributed by atoms with van der Waals surface area (Å²) in [7, 11) is 0. The Labute approximate surface area is 105 Å². The average Bonchev–Trinajstić information content (AvgIpc) is 2.67. The van der Waals surface area contributed by atoms with E-state index in [-0.39, 0.29) is 12.5 Å². The number of carboxylic acids is 1. The lowest BCUT2D eigenvalue weighted by Crippen LogP contribution is -2.39. The number of nitrogens with one attached hydrogen (secondary N) is 1. The van der Waals surface area contributed by atoms with Gasteiger partial charge in [-0.2, -0.15) is 0 Å². The molecule has 1 amide bonds. The average molecular weight is 254 g/mol. The molecule has 0 aliphatic carbocycles. The number of hydrogen-bond donors (Lipinski definition) is 2. The standard InChI is InChI=1S/C12H18N2O4/c1-5-8-9(7(2)18-14-8)10(15)13-6-12(3,4)11(16)17/h5-6H2,1-4H3,(H,13,15)(H,16,17). The van der Waals surface area contributed by atoms with Crippen LogP contribution in [-0.2, 0) is 11.2 Å². The number of nitrogens with zero attached hydrogens (tertiary/aromatic N) is 1. The van der Waals surface area contributed by atoms with Crippen LogP contribution in [0.4, 0.5) is 0 Å². The van der Waals surface area contributed by atoms with Gasteiger partial charge < -0.3 is 14.9 Å². The molecular weight excluding hydrogens is 236 g/mol. The molecule has 0 aliphatic heterocycles. The monoisotopic (exact) mass is 254 g/mol. The van der Waals surface area contributed by atoms with Gasteiger partial charge in [0.25, 0.3) is 5.91 Å². The highest BCUT2D eigenvalue weighted by atomic mass is 16.5. The number of amides is 1. The summed E-state index contributed by atoms with van der Waals surface area (Å²) in [6, 6.07) is 0. The van der Waals surface area contributed by atoms with Crippen molar-refractivity contribution in [3.8, 4) is 0 Å². The molecule has 0 bridgehead atoms. The summed E-state index contributed by atoms with van der Waals surface area (Å²) in [5.41, 5.74) is -0.0237. The van der Waals surface area contributed by atoms with Crippen LogP contribution in [0.15, 0.2) is 4.52 Å². The smallest absolute Gasteiger partial charge is 0.310 e. The van der Waals surface area contributed by atoms with Crippen molar-refractivity contribution >= 4 is 11.9 Å². The van der Waals surface area contributed by atoms with E-state index in [9.17, 15) is 9.59 Å². The maximum atomic E-state index is 12.0. The highest BCUT2D eigenvalue weighted by molar-refractivity contribution is 5.96. The van der Waals surface area contributed by atoms with Crippen LogP contribution in [-0.4, -0.2) is 28.7 Å². The third kappa shape index (κ3) is 2.88. The highest BCUT2D eigenvalue weighted by Crippen LogP contribution is 2.16. The first-order valence-electron chi connectivity index (χ1n) is 5.76. The summed E-state index contributed by atoms with van der Waals surface area (Å²) in [6.45, 7) is 6.68. The minimum Gasteiger partial charge on any atom is -0.481 e. The van der Waals surface area contributed by atoms with Crippen LogP contribution in [0.2, 0.25) is 0 Å². The quantitative estimate of drug-likeness (QED) is 0.828. The lowest BCUT2D eigenvalue weighted by Gasteiger charge is -2.19. The van der Waals surface area contributed by atoms with Gasteiger partial charge in [-0.3, -0.25) is 9.59 Å². The van der Waals surface area contributed by atoms with Crippen LogP contribution in [0.25, 0.3) is 0 Å². The largest absolute Gasteiger partial charge is 0.481 e. The Kier molecular flexibility index (Phi) is 4.11. The Morgan fingerprint density at radius 1 is 1.44 bits per heavy atom. The zero-order valence-electron chi connectivity index (χ0n) is 11.0. The molecule has 0 unspecified atom stereocenters. The first kappa shape index (κ1) is 14.2. The van der Waals surface area contributed by atoms with E-state index in [1.165, 1.54) is 0 Å². The number of aryl methyl sites for hydroxylation is 2. The van der Waals surface area contributed by atoms with Gasteiger partial charge >= 0.3 is 5.97 Å². The van der Waals surface area contributed by atoms with Gasteiger partial charge in [-0.1, -0.05) is 12.1 Å². The molecular formula is C12H18N2O4. The predicted molar refractivity (Wildman–Crippen MR) is 64.4 cm³/mol. The lowest BCUT2D eigenvalue weighted by molar-refractivity contribution is -0.146. The SMILES string of the molecule is CCc1noc(C)c1C(=O)NCC(C)(C)C(=O)O. The second kappa shape index (κ2) is 5.20. The normalized spacial score (nSPS) is 11.3. The van der Waals surface area contributed by atoms with E-state index in [0.29, 0.717) is 23.4 Å². The first-order chi connectivity index (χ1) is 8.29. The molecule has 0 spiro atoms. The summed E-state index contributed by atoms with van der Waals surface area (Å²) in [6.07, 6.45) is 0.586. The number of hydrogen-bond acceptors (Lipinski definition) is 4. The minimum atomic E-state index is -1.01. The molecule has 100 valence electrons. The molecule has 2 N–H and O–H groups in total. The number of carboxylic acid groups (broad SMARTS) is 1. The fraction of sp³-hybridized carbons (Fsp3) is 0.583. The number of rotatable bonds is 5. The van der Waals surface area contributed by atoms with Gasteiger partial charge in [0.05, 0.1) is 11.1 Å². The highest BCUT2D eigenvalue weighted by Gasteiger charge is 2.29. The maximum absolute atomic E-state index is 12.0. The number of carbonyl (C=O) groups is 2. The van der Waals surface area contributed by atoms with Gasteiger partial charge in [0, 0.05) is 6.54 Å². The fourth-order valence-electron chi connectivity index (χ4n) is 1.42. The van der Waals surface area contributed by atoms with Crippen molar-refractivity contribution in [3.05, 3.63) is 17.0 Å². The Morgan fingerprint density at radius 3 is 2.56 bits per heavy atom. The minimum absolute atomic E-state index is 0.0505. The van der Waals surface area contributed by atoms with Gasteiger partial charge in [0.1, 0.15) is 11.3 Å². The molecule has 0 atom stereocenters. The van der Waals surface area contributed by atoms with E-state index in [0.717, 1.165) is 0 Å². The van der Waals surface area contributed by atoms with E-state index in [4.69, 9.17) is 9.63 Å². The molecule has 18 heavy (non-hydrogen) atoms. The van der Waals surface area contributed by atoms with E-state index in [1.54, 1.807) is 20.8 Å². The molecule has 0 aromatic carbocycles. The van der Waals surface area contributed by atoms with Crippen LogP contribution in [0.3, 0.4) is 0 Å². The van der Waals surface area contributed by atoms with Gasteiger partial charge in [-0.25, -0.2) is 0 Å². The van der Waals surface area contributed by atoms with Crippen molar-refractivity contribution in [1.29, 1.82) is 0 Å². The first-order valence-corrected chi connectivity index (χ1v) is 5.76. The van der Waals surface area contributed by atoms with E-state index in [2.05, 4.69) is 10.5 Å². The Hall–Kier alpha value is -1.85. The number of aliphatic carboxylic acids is 1. The van der Waals surface area contributed by atoms with Crippen LogP contribution >= 0.6 is 0 Å². The van der Waals surface area contributed by atoms with Crippen molar-refractivity contribution in [2.75, 3.05) is 6.54 Å². The topological polar surface area (TPSA) is 92.4 Å². The Bertz CT molecular complexity index is 463. The molecule has 6 heteroatoms.